The summed E-state index contributed by atoms with van der Waals surface area (Å²) in [4.78, 5) is 34.3. The molecule has 1 rings (SSSR count). The van der Waals surface area contributed by atoms with Gasteiger partial charge in [-0.05, 0) is 18.2 Å². The van der Waals surface area contributed by atoms with E-state index in [4.69, 9.17) is 32.7 Å². The molecule has 0 aromatic heterocycles. The van der Waals surface area contributed by atoms with Crippen molar-refractivity contribution in [3.63, 3.8) is 0 Å². The third-order valence-electron chi connectivity index (χ3n) is 2.58. The van der Waals surface area contributed by atoms with Gasteiger partial charge >= 0.3 is 12.0 Å². The maximum atomic E-state index is 11.5. The number of methoxy groups -OCH3 is 1. The van der Waals surface area contributed by atoms with E-state index >= 15 is 0 Å². The van der Waals surface area contributed by atoms with Crippen molar-refractivity contribution in [3.05, 3.63) is 39.9 Å². The third kappa shape index (κ3) is 7.45. The number of amides is 3. The minimum atomic E-state index is -0.777. The van der Waals surface area contributed by atoms with E-state index in [0.29, 0.717) is 22.2 Å². The number of hydrogen-bond donors (Lipinski definition) is 2. The number of ether oxygens (including phenoxy) is 2. The highest BCUT2D eigenvalue weighted by Gasteiger charge is 2.09. The van der Waals surface area contributed by atoms with Gasteiger partial charge in [0.1, 0.15) is 0 Å². The molecule has 0 aliphatic rings. The summed E-state index contributed by atoms with van der Waals surface area (Å²) in [6, 6.07) is 4.20. The van der Waals surface area contributed by atoms with Crippen LogP contribution in [0.5, 0.6) is 0 Å². The molecule has 0 unspecified atom stereocenters. The first-order chi connectivity index (χ1) is 11.4. The van der Waals surface area contributed by atoms with Gasteiger partial charge in [-0.2, -0.15) is 0 Å². The second kappa shape index (κ2) is 10.6. The number of nitrogens with one attached hydrogen (secondary N) is 2. The summed E-state index contributed by atoms with van der Waals surface area (Å²) in [5.74, 6) is -1.54. The highest BCUT2D eigenvalue weighted by Crippen LogP contribution is 2.25. The average Bonchev–Trinajstić information content (AvgIpc) is 2.52. The van der Waals surface area contributed by atoms with Crippen LogP contribution in [-0.2, 0) is 19.1 Å². The number of carbonyl (C=O) groups is 3. The first-order valence-corrected chi connectivity index (χ1v) is 7.55. The Morgan fingerprint density at radius 2 is 1.88 bits per heavy atom. The van der Waals surface area contributed by atoms with Crippen LogP contribution in [0.4, 0.5) is 4.79 Å². The molecule has 3 amide bonds. The lowest BCUT2D eigenvalue weighted by Crippen LogP contribution is -2.42. The maximum Gasteiger partial charge on any atom is 0.331 e. The normalized spacial score (nSPS) is 10.5. The molecular weight excluding hydrogens is 359 g/mol. The van der Waals surface area contributed by atoms with Gasteiger partial charge in [-0.25, -0.2) is 9.59 Å². The van der Waals surface area contributed by atoms with Gasteiger partial charge in [-0.3, -0.25) is 10.1 Å². The summed E-state index contributed by atoms with van der Waals surface area (Å²) in [6.45, 7) is -0.0418. The SMILES string of the molecule is COCCNC(=O)NC(=O)COC(=O)/C=C/c1c(Cl)cccc1Cl. The van der Waals surface area contributed by atoms with Crippen LogP contribution in [0.2, 0.25) is 10.0 Å². The van der Waals surface area contributed by atoms with Crippen molar-refractivity contribution in [1.82, 2.24) is 10.6 Å². The fourth-order valence-corrected chi connectivity index (χ4v) is 2.00. The van der Waals surface area contributed by atoms with Crippen LogP contribution in [0, 0.1) is 0 Å². The van der Waals surface area contributed by atoms with Gasteiger partial charge in [0.05, 0.1) is 6.61 Å². The standard InChI is InChI=1S/C15H16Cl2N2O5/c1-23-8-7-18-15(22)19-13(20)9-24-14(21)6-5-10-11(16)3-2-4-12(10)17/h2-6H,7-9H2,1H3,(H2,18,19,20,22)/b6-5+. The number of rotatable bonds is 7. The zero-order chi connectivity index (χ0) is 17.9. The van der Waals surface area contributed by atoms with Crippen LogP contribution >= 0.6 is 23.2 Å². The smallest absolute Gasteiger partial charge is 0.331 e. The fourth-order valence-electron chi connectivity index (χ4n) is 1.48. The zero-order valence-electron chi connectivity index (χ0n) is 12.8. The molecule has 0 aliphatic heterocycles. The quantitative estimate of drug-likeness (QED) is 0.432. The van der Waals surface area contributed by atoms with E-state index in [1.165, 1.54) is 13.2 Å². The number of urea groups is 1. The molecule has 2 N–H and O–H groups in total. The Morgan fingerprint density at radius 1 is 1.21 bits per heavy atom. The highest BCUT2D eigenvalue weighted by molar-refractivity contribution is 6.37. The summed E-state index contributed by atoms with van der Waals surface area (Å²) in [5.41, 5.74) is 0.458. The molecular formula is C15H16Cl2N2O5. The Labute approximate surface area is 148 Å². The van der Waals surface area contributed by atoms with E-state index in [2.05, 4.69) is 5.32 Å². The Morgan fingerprint density at radius 3 is 2.50 bits per heavy atom. The van der Waals surface area contributed by atoms with Crippen molar-refractivity contribution < 1.29 is 23.9 Å². The Bertz CT molecular complexity index is 614. The second-order valence-corrected chi connectivity index (χ2v) is 5.19. The first-order valence-electron chi connectivity index (χ1n) is 6.79. The van der Waals surface area contributed by atoms with Crippen LogP contribution in [0.3, 0.4) is 0 Å². The Hall–Kier alpha value is -2.09. The minimum Gasteiger partial charge on any atom is -0.452 e. The number of benzene rings is 1. The maximum absolute atomic E-state index is 11.5. The molecule has 1 aromatic rings. The van der Waals surface area contributed by atoms with Gasteiger partial charge in [-0.1, -0.05) is 29.3 Å². The van der Waals surface area contributed by atoms with Crippen LogP contribution in [0.1, 0.15) is 5.56 Å². The minimum absolute atomic E-state index is 0.247. The molecule has 0 saturated carbocycles. The Kier molecular flexibility index (Phi) is 8.85. The van der Waals surface area contributed by atoms with E-state index in [9.17, 15) is 14.4 Å². The van der Waals surface area contributed by atoms with E-state index in [1.807, 2.05) is 5.32 Å². The molecule has 1 aromatic carbocycles. The van der Waals surface area contributed by atoms with Crippen LogP contribution in [-0.4, -0.2) is 44.8 Å². The van der Waals surface area contributed by atoms with Crippen molar-refractivity contribution in [2.45, 2.75) is 0 Å². The number of carbonyl (C=O) groups excluding carboxylic acids is 3. The largest absolute Gasteiger partial charge is 0.452 e. The predicted molar refractivity (Wildman–Crippen MR) is 89.9 cm³/mol. The Balaban J connectivity index is 2.39. The zero-order valence-corrected chi connectivity index (χ0v) is 14.3. The molecule has 0 aliphatic carbocycles. The summed E-state index contributed by atoms with van der Waals surface area (Å²) >= 11 is 11.9. The molecule has 0 saturated heterocycles. The number of esters is 1. The van der Waals surface area contributed by atoms with E-state index in [0.717, 1.165) is 6.08 Å². The van der Waals surface area contributed by atoms with Gasteiger partial charge in [-0.15, -0.1) is 0 Å². The lowest BCUT2D eigenvalue weighted by atomic mass is 10.2. The molecule has 24 heavy (non-hydrogen) atoms. The highest BCUT2D eigenvalue weighted by atomic mass is 35.5. The number of hydrogen-bond acceptors (Lipinski definition) is 5. The van der Waals surface area contributed by atoms with Gasteiger partial charge in [0.25, 0.3) is 5.91 Å². The summed E-state index contributed by atoms with van der Waals surface area (Å²) < 4.78 is 9.44. The monoisotopic (exact) mass is 374 g/mol. The van der Waals surface area contributed by atoms with Crippen molar-refractivity contribution in [2.75, 3.05) is 26.9 Å². The summed E-state index contributed by atoms with van der Waals surface area (Å²) in [6.07, 6.45) is 2.46. The molecule has 0 spiro atoms. The number of halogens is 2. The molecule has 7 nitrogen and oxygen atoms in total. The summed E-state index contributed by atoms with van der Waals surface area (Å²) in [7, 11) is 1.48. The van der Waals surface area contributed by atoms with Crippen LogP contribution < -0.4 is 10.6 Å². The van der Waals surface area contributed by atoms with Crippen molar-refractivity contribution in [1.29, 1.82) is 0 Å². The average molecular weight is 375 g/mol. The molecule has 130 valence electrons. The van der Waals surface area contributed by atoms with Crippen LogP contribution in [0.15, 0.2) is 24.3 Å². The molecule has 0 bridgehead atoms. The van der Waals surface area contributed by atoms with Crippen molar-refractivity contribution >= 4 is 47.2 Å². The van der Waals surface area contributed by atoms with Gasteiger partial charge in [0.15, 0.2) is 6.61 Å². The lowest BCUT2D eigenvalue weighted by molar-refractivity contribution is -0.143. The molecule has 0 radical (unpaired) electrons. The van der Waals surface area contributed by atoms with Crippen LogP contribution in [0.25, 0.3) is 6.08 Å². The van der Waals surface area contributed by atoms with Gasteiger partial charge in [0.2, 0.25) is 0 Å². The first kappa shape index (κ1) is 20.0. The number of imide groups is 1. The molecule has 0 heterocycles. The summed E-state index contributed by atoms with van der Waals surface area (Å²) in [5, 5.41) is 5.12. The topological polar surface area (TPSA) is 93.7 Å². The van der Waals surface area contributed by atoms with Gasteiger partial charge < -0.3 is 14.8 Å². The fraction of sp³-hybridized carbons (Fsp3) is 0.267. The van der Waals surface area contributed by atoms with E-state index in [-0.39, 0.29) is 6.54 Å². The third-order valence-corrected chi connectivity index (χ3v) is 3.24. The lowest BCUT2D eigenvalue weighted by Gasteiger charge is -2.06. The van der Waals surface area contributed by atoms with Crippen molar-refractivity contribution in [2.24, 2.45) is 0 Å². The van der Waals surface area contributed by atoms with Gasteiger partial charge in [0, 0.05) is 35.3 Å². The van der Waals surface area contributed by atoms with Crippen molar-refractivity contribution in [3.8, 4) is 0 Å². The van der Waals surface area contributed by atoms with E-state index < -0.39 is 24.5 Å². The molecule has 0 fully saturated rings. The van der Waals surface area contributed by atoms with E-state index in [1.54, 1.807) is 18.2 Å². The molecule has 9 heteroatoms. The molecule has 0 atom stereocenters. The predicted octanol–water partition coefficient (Wildman–Crippen LogP) is 2.02. The second-order valence-electron chi connectivity index (χ2n) is 4.37.